The Morgan fingerprint density at radius 3 is 2.63 bits per heavy atom. The van der Waals surface area contributed by atoms with Crippen LogP contribution in [0.3, 0.4) is 0 Å². The van der Waals surface area contributed by atoms with E-state index >= 15 is 0 Å². The van der Waals surface area contributed by atoms with Crippen LogP contribution in [0.4, 0.5) is 4.39 Å². The van der Waals surface area contributed by atoms with Crippen molar-refractivity contribution in [1.29, 1.82) is 0 Å². The number of amides is 1. The summed E-state index contributed by atoms with van der Waals surface area (Å²) in [6, 6.07) is 7.57. The normalized spacial score (nSPS) is 17.1. The highest BCUT2D eigenvalue weighted by Crippen LogP contribution is 2.21. The quantitative estimate of drug-likeness (QED) is 0.809. The van der Waals surface area contributed by atoms with Crippen molar-refractivity contribution in [2.75, 3.05) is 6.54 Å². The van der Waals surface area contributed by atoms with Gasteiger partial charge in [0, 0.05) is 29.9 Å². The molecule has 1 aliphatic heterocycles. The monoisotopic (exact) mass is 371 g/mol. The largest absolute Gasteiger partial charge is 0.338 e. The molecule has 0 radical (unpaired) electrons. The minimum Gasteiger partial charge on any atom is -0.338 e. The third kappa shape index (κ3) is 4.26. The second-order valence-corrected chi connectivity index (χ2v) is 7.00. The number of hydrogen-bond acceptors (Lipinski definition) is 3. The third-order valence-corrected chi connectivity index (χ3v) is 5.24. The maximum Gasteiger partial charge on any atom is 0.254 e. The molecule has 3 rings (SSSR count). The smallest absolute Gasteiger partial charge is 0.254 e. The highest BCUT2D eigenvalue weighted by molar-refractivity contribution is 5.77. The molecular weight excluding hydrogens is 345 g/mol. The molecule has 0 saturated carbocycles. The fourth-order valence-corrected chi connectivity index (χ4v) is 3.69. The van der Waals surface area contributed by atoms with Gasteiger partial charge in [-0.2, -0.15) is 0 Å². The van der Waals surface area contributed by atoms with E-state index in [0.29, 0.717) is 23.5 Å². The molecular formula is C21H26FN3O2. The number of nitrogens with zero attached hydrogens (tertiary/aromatic N) is 3. The van der Waals surface area contributed by atoms with Crippen LogP contribution in [-0.2, 0) is 17.8 Å². The van der Waals surface area contributed by atoms with Crippen molar-refractivity contribution in [2.45, 2.75) is 58.5 Å². The Balaban J connectivity index is 1.97. The van der Waals surface area contributed by atoms with E-state index in [1.165, 1.54) is 22.8 Å². The lowest BCUT2D eigenvalue weighted by Crippen LogP contribution is -2.46. The van der Waals surface area contributed by atoms with E-state index in [4.69, 9.17) is 0 Å². The molecule has 0 N–H and O–H groups in total. The van der Waals surface area contributed by atoms with E-state index in [1.54, 1.807) is 12.1 Å². The minimum absolute atomic E-state index is 0.0426. The lowest BCUT2D eigenvalue weighted by molar-refractivity contribution is -0.135. The Labute approximate surface area is 158 Å². The fourth-order valence-electron chi connectivity index (χ4n) is 3.69. The summed E-state index contributed by atoms with van der Waals surface area (Å²) < 4.78 is 14.7. The van der Waals surface area contributed by atoms with E-state index in [9.17, 15) is 14.0 Å². The molecule has 1 aliphatic rings. The molecule has 1 atom stereocenters. The Morgan fingerprint density at radius 1 is 1.22 bits per heavy atom. The van der Waals surface area contributed by atoms with Crippen LogP contribution in [0.2, 0.25) is 0 Å². The minimum atomic E-state index is -0.352. The Kier molecular flexibility index (Phi) is 6.04. The van der Waals surface area contributed by atoms with Gasteiger partial charge >= 0.3 is 0 Å². The number of carbonyl (C=O) groups excluding carboxylic acids is 1. The number of aryl methyl sites for hydroxylation is 1. The average molecular weight is 371 g/mol. The van der Waals surface area contributed by atoms with Crippen LogP contribution < -0.4 is 5.56 Å². The molecule has 5 nitrogen and oxygen atoms in total. The molecule has 1 saturated heterocycles. The van der Waals surface area contributed by atoms with Crippen molar-refractivity contribution < 1.29 is 9.18 Å². The number of piperidine rings is 1. The molecule has 1 unspecified atom stereocenters. The number of benzene rings is 1. The number of hydrogen-bond donors (Lipinski definition) is 0. The number of halogens is 1. The zero-order chi connectivity index (χ0) is 19.4. The molecule has 144 valence electrons. The van der Waals surface area contributed by atoms with E-state index in [-0.39, 0.29) is 29.9 Å². The number of carbonyl (C=O) groups is 1. The van der Waals surface area contributed by atoms with Crippen LogP contribution in [0, 0.1) is 5.82 Å². The van der Waals surface area contributed by atoms with Crippen molar-refractivity contribution in [3.63, 3.8) is 0 Å². The van der Waals surface area contributed by atoms with Crippen molar-refractivity contribution in [1.82, 2.24) is 14.5 Å². The van der Waals surface area contributed by atoms with Gasteiger partial charge in [-0.1, -0.05) is 13.8 Å². The number of aromatic nitrogens is 2. The van der Waals surface area contributed by atoms with Gasteiger partial charge in [-0.3, -0.25) is 14.2 Å². The van der Waals surface area contributed by atoms with Crippen molar-refractivity contribution in [2.24, 2.45) is 0 Å². The molecule has 0 aliphatic carbocycles. The summed E-state index contributed by atoms with van der Waals surface area (Å²) in [5, 5.41) is 0. The van der Waals surface area contributed by atoms with Crippen LogP contribution in [0.1, 0.15) is 45.2 Å². The SMILES string of the molecule is CCc1cc(=O)n(CC(=O)N2CCCCC2CC)c(-c2ccc(F)cc2)n1. The first-order valence-corrected chi connectivity index (χ1v) is 9.69. The summed E-state index contributed by atoms with van der Waals surface area (Å²) in [5.41, 5.74) is 1.04. The Hall–Kier alpha value is -2.50. The van der Waals surface area contributed by atoms with Crippen molar-refractivity contribution in [3.8, 4) is 11.4 Å². The molecule has 0 bridgehead atoms. The van der Waals surface area contributed by atoms with Gasteiger partial charge in [0.25, 0.3) is 5.56 Å². The predicted octanol–water partition coefficient (Wildman–Crippen LogP) is 3.40. The van der Waals surface area contributed by atoms with E-state index in [2.05, 4.69) is 11.9 Å². The van der Waals surface area contributed by atoms with Gasteiger partial charge < -0.3 is 4.90 Å². The van der Waals surface area contributed by atoms with E-state index in [0.717, 1.165) is 32.2 Å². The van der Waals surface area contributed by atoms with Crippen molar-refractivity contribution in [3.05, 3.63) is 52.2 Å². The molecule has 0 spiro atoms. The summed E-state index contributed by atoms with van der Waals surface area (Å²) in [6.45, 7) is 4.70. The van der Waals surface area contributed by atoms with Crippen LogP contribution in [-0.4, -0.2) is 32.9 Å². The summed E-state index contributed by atoms with van der Waals surface area (Å²) >= 11 is 0. The van der Waals surface area contributed by atoms with Crippen LogP contribution in [0.15, 0.2) is 35.1 Å². The molecule has 27 heavy (non-hydrogen) atoms. The topological polar surface area (TPSA) is 55.2 Å². The average Bonchev–Trinajstić information content (AvgIpc) is 2.69. The van der Waals surface area contributed by atoms with Crippen LogP contribution in [0.25, 0.3) is 11.4 Å². The fraction of sp³-hybridized carbons (Fsp3) is 0.476. The van der Waals surface area contributed by atoms with Gasteiger partial charge in [-0.05, 0) is 56.4 Å². The molecule has 2 aromatic rings. The molecule has 1 aromatic carbocycles. The molecule has 2 heterocycles. The first kappa shape index (κ1) is 19.3. The highest BCUT2D eigenvalue weighted by Gasteiger charge is 2.26. The first-order chi connectivity index (χ1) is 13.0. The van der Waals surface area contributed by atoms with E-state index < -0.39 is 0 Å². The van der Waals surface area contributed by atoms with E-state index in [1.807, 2.05) is 11.8 Å². The van der Waals surface area contributed by atoms with Gasteiger partial charge in [0.2, 0.25) is 5.91 Å². The van der Waals surface area contributed by atoms with Gasteiger partial charge in [0.1, 0.15) is 18.2 Å². The van der Waals surface area contributed by atoms with Gasteiger partial charge in [0.15, 0.2) is 0 Å². The lowest BCUT2D eigenvalue weighted by Gasteiger charge is -2.35. The standard InChI is InChI=1S/C21H26FN3O2/c1-3-17-13-19(26)25(21(23-17)15-8-10-16(22)11-9-15)14-20(27)24-12-6-5-7-18(24)4-2/h8-11,13,18H,3-7,12,14H2,1-2H3. The zero-order valence-corrected chi connectivity index (χ0v) is 15.9. The Bertz CT molecular complexity index is 861. The molecule has 1 aromatic heterocycles. The first-order valence-electron chi connectivity index (χ1n) is 9.69. The Morgan fingerprint density at radius 2 is 1.96 bits per heavy atom. The van der Waals surface area contributed by atoms with Crippen LogP contribution in [0.5, 0.6) is 0 Å². The maximum atomic E-state index is 13.3. The van der Waals surface area contributed by atoms with Crippen molar-refractivity contribution >= 4 is 5.91 Å². The predicted molar refractivity (Wildman–Crippen MR) is 103 cm³/mol. The maximum absolute atomic E-state index is 13.3. The van der Waals surface area contributed by atoms with Gasteiger partial charge in [-0.15, -0.1) is 0 Å². The molecule has 1 amide bonds. The lowest BCUT2D eigenvalue weighted by atomic mass is 10.00. The summed E-state index contributed by atoms with van der Waals surface area (Å²) in [7, 11) is 0. The van der Waals surface area contributed by atoms with Gasteiger partial charge in [-0.25, -0.2) is 9.37 Å². The summed E-state index contributed by atoms with van der Waals surface area (Å²) in [6.07, 6.45) is 4.67. The third-order valence-electron chi connectivity index (χ3n) is 5.24. The molecule has 1 fully saturated rings. The number of rotatable bonds is 5. The summed E-state index contributed by atoms with van der Waals surface area (Å²) in [4.78, 5) is 32.1. The second kappa shape index (κ2) is 8.46. The molecule has 6 heteroatoms. The second-order valence-electron chi connectivity index (χ2n) is 7.00. The number of likely N-dealkylation sites (tertiary alicyclic amines) is 1. The highest BCUT2D eigenvalue weighted by atomic mass is 19.1. The van der Waals surface area contributed by atoms with Gasteiger partial charge in [0.05, 0.1) is 0 Å². The zero-order valence-electron chi connectivity index (χ0n) is 15.9. The summed E-state index contributed by atoms with van der Waals surface area (Å²) in [5.74, 6) is 0.00490. The van der Waals surface area contributed by atoms with Crippen LogP contribution >= 0.6 is 0 Å².